The van der Waals surface area contributed by atoms with Gasteiger partial charge in [-0.25, -0.2) is 0 Å². The number of nitrogens with zero attached hydrogens (tertiary/aromatic N) is 3. The monoisotopic (exact) mass is 479 g/mol. The molecule has 8 heteroatoms. The Morgan fingerprint density at radius 2 is 1.51 bits per heavy atom. The number of amides is 3. The van der Waals surface area contributed by atoms with Crippen molar-refractivity contribution < 1.29 is 23.9 Å². The van der Waals surface area contributed by atoms with Crippen molar-refractivity contribution in [1.82, 2.24) is 14.7 Å². The predicted octanol–water partition coefficient (Wildman–Crippen LogP) is 2.47. The van der Waals surface area contributed by atoms with Crippen molar-refractivity contribution in [3.8, 4) is 11.5 Å². The van der Waals surface area contributed by atoms with E-state index < -0.39 is 0 Å². The second-order valence-corrected chi connectivity index (χ2v) is 9.03. The van der Waals surface area contributed by atoms with Crippen LogP contribution in [0.4, 0.5) is 0 Å². The summed E-state index contributed by atoms with van der Waals surface area (Å²) in [6.45, 7) is 3.10. The molecule has 3 amide bonds. The molecule has 0 N–H and O–H groups in total. The molecule has 186 valence electrons. The third-order valence-corrected chi connectivity index (χ3v) is 6.83. The van der Waals surface area contributed by atoms with Crippen LogP contribution < -0.4 is 9.47 Å². The van der Waals surface area contributed by atoms with Gasteiger partial charge in [-0.2, -0.15) is 0 Å². The summed E-state index contributed by atoms with van der Waals surface area (Å²) in [5.41, 5.74) is 1.52. The molecule has 2 aliphatic heterocycles. The van der Waals surface area contributed by atoms with E-state index in [1.807, 2.05) is 40.1 Å². The highest BCUT2D eigenvalue weighted by Crippen LogP contribution is 2.28. The van der Waals surface area contributed by atoms with Crippen LogP contribution in [-0.2, 0) is 16.0 Å². The Labute approximate surface area is 206 Å². The molecule has 2 heterocycles. The molecule has 35 heavy (non-hydrogen) atoms. The maximum atomic E-state index is 13.2. The molecule has 2 saturated heterocycles. The number of benzene rings is 2. The number of likely N-dealkylation sites (tertiary alicyclic amines) is 1. The predicted molar refractivity (Wildman–Crippen MR) is 131 cm³/mol. The minimum absolute atomic E-state index is 0.0686. The van der Waals surface area contributed by atoms with Gasteiger partial charge in [-0.3, -0.25) is 14.4 Å². The summed E-state index contributed by atoms with van der Waals surface area (Å²) in [6.07, 6.45) is 1.98. The van der Waals surface area contributed by atoms with Gasteiger partial charge in [0.1, 0.15) is 0 Å². The number of carbonyl (C=O) groups is 3. The topological polar surface area (TPSA) is 79.4 Å². The highest BCUT2D eigenvalue weighted by atomic mass is 16.5. The highest BCUT2D eigenvalue weighted by molar-refractivity contribution is 5.95. The smallest absolute Gasteiger partial charge is 0.254 e. The normalized spacial score (nSPS) is 18.2. The first-order valence-electron chi connectivity index (χ1n) is 12.1. The highest BCUT2D eigenvalue weighted by Gasteiger charge is 2.33. The fraction of sp³-hybridized carbons (Fsp3) is 0.444. The molecular weight excluding hydrogens is 446 g/mol. The van der Waals surface area contributed by atoms with Gasteiger partial charge in [-0.1, -0.05) is 30.3 Å². The molecule has 0 bridgehead atoms. The number of piperazine rings is 1. The molecule has 0 aliphatic carbocycles. The van der Waals surface area contributed by atoms with Gasteiger partial charge in [0.15, 0.2) is 11.5 Å². The van der Waals surface area contributed by atoms with E-state index in [1.165, 1.54) is 7.11 Å². The number of hydrogen-bond donors (Lipinski definition) is 0. The molecule has 0 radical (unpaired) electrons. The van der Waals surface area contributed by atoms with E-state index in [1.54, 1.807) is 30.2 Å². The molecule has 2 fully saturated rings. The largest absolute Gasteiger partial charge is 0.493 e. The van der Waals surface area contributed by atoms with Gasteiger partial charge in [0.2, 0.25) is 11.8 Å². The summed E-state index contributed by atoms with van der Waals surface area (Å²) in [4.78, 5) is 44.5. The van der Waals surface area contributed by atoms with E-state index in [0.717, 1.165) is 18.4 Å². The molecular formula is C27H33N3O5. The average molecular weight is 480 g/mol. The molecule has 0 spiro atoms. The van der Waals surface area contributed by atoms with Crippen molar-refractivity contribution in [3.05, 3.63) is 59.7 Å². The number of hydrogen-bond acceptors (Lipinski definition) is 5. The van der Waals surface area contributed by atoms with Crippen molar-refractivity contribution in [1.29, 1.82) is 0 Å². The van der Waals surface area contributed by atoms with Gasteiger partial charge < -0.3 is 24.2 Å². The van der Waals surface area contributed by atoms with Gasteiger partial charge in [0.05, 0.1) is 26.6 Å². The van der Waals surface area contributed by atoms with Gasteiger partial charge in [0.25, 0.3) is 5.91 Å². The maximum absolute atomic E-state index is 13.2. The van der Waals surface area contributed by atoms with Crippen LogP contribution in [0, 0.1) is 5.92 Å². The minimum Gasteiger partial charge on any atom is -0.493 e. The second-order valence-electron chi connectivity index (χ2n) is 9.03. The van der Waals surface area contributed by atoms with Crippen molar-refractivity contribution in [2.75, 3.05) is 53.5 Å². The molecule has 4 rings (SSSR count). The molecule has 2 aromatic rings. The lowest BCUT2D eigenvalue weighted by atomic mass is 9.95. The number of piperidine rings is 1. The van der Waals surface area contributed by atoms with Crippen molar-refractivity contribution >= 4 is 17.7 Å². The molecule has 0 aromatic heterocycles. The van der Waals surface area contributed by atoms with Crippen LogP contribution in [-0.4, -0.2) is 85.9 Å². The Morgan fingerprint density at radius 1 is 0.829 bits per heavy atom. The van der Waals surface area contributed by atoms with Crippen LogP contribution in [0.3, 0.4) is 0 Å². The van der Waals surface area contributed by atoms with E-state index in [0.29, 0.717) is 62.8 Å². The Morgan fingerprint density at radius 3 is 2.20 bits per heavy atom. The zero-order chi connectivity index (χ0) is 24.8. The molecule has 8 nitrogen and oxygen atoms in total. The third kappa shape index (κ3) is 5.75. The zero-order valence-corrected chi connectivity index (χ0v) is 20.4. The lowest BCUT2D eigenvalue weighted by Crippen LogP contribution is -2.54. The van der Waals surface area contributed by atoms with Gasteiger partial charge in [-0.05, 0) is 36.6 Å². The first-order chi connectivity index (χ1) is 17.0. The Hall–Kier alpha value is -3.55. The lowest BCUT2D eigenvalue weighted by molar-refractivity contribution is -0.141. The van der Waals surface area contributed by atoms with Crippen LogP contribution in [0.15, 0.2) is 48.5 Å². The fourth-order valence-electron chi connectivity index (χ4n) is 4.83. The van der Waals surface area contributed by atoms with Crippen molar-refractivity contribution in [2.24, 2.45) is 5.92 Å². The molecule has 2 aliphatic rings. The Bertz CT molecular complexity index is 1050. The summed E-state index contributed by atoms with van der Waals surface area (Å²) in [7, 11) is 3.10. The average Bonchev–Trinajstić information content (AvgIpc) is 2.92. The standard InChI is InChI=1S/C27H33N3O5/c1-34-23-11-10-21(18-24(23)35-2)26(32)28-13-15-29(16-14-28)27(33)22-9-6-12-30(19-22)25(31)17-20-7-4-3-5-8-20/h3-5,7-8,10-11,18,22H,6,9,12-17,19H2,1-2H3. The van der Waals surface area contributed by atoms with Crippen LogP contribution in [0.25, 0.3) is 0 Å². The Balaban J connectivity index is 1.30. The van der Waals surface area contributed by atoms with E-state index in [2.05, 4.69) is 0 Å². The first kappa shape index (κ1) is 24.6. The summed E-state index contributed by atoms with van der Waals surface area (Å²) in [6, 6.07) is 14.8. The van der Waals surface area contributed by atoms with E-state index in [4.69, 9.17) is 9.47 Å². The zero-order valence-electron chi connectivity index (χ0n) is 20.4. The van der Waals surface area contributed by atoms with Crippen molar-refractivity contribution in [2.45, 2.75) is 19.3 Å². The maximum Gasteiger partial charge on any atom is 0.254 e. The minimum atomic E-state index is -0.184. The van der Waals surface area contributed by atoms with Gasteiger partial charge >= 0.3 is 0 Å². The SMILES string of the molecule is COc1ccc(C(=O)N2CCN(C(=O)C3CCCN(C(=O)Cc4ccccc4)C3)CC2)cc1OC. The van der Waals surface area contributed by atoms with E-state index in [-0.39, 0.29) is 23.6 Å². The number of methoxy groups -OCH3 is 2. The third-order valence-electron chi connectivity index (χ3n) is 6.83. The van der Waals surface area contributed by atoms with Gasteiger partial charge in [0, 0.05) is 44.8 Å². The van der Waals surface area contributed by atoms with Crippen LogP contribution in [0.2, 0.25) is 0 Å². The molecule has 0 saturated carbocycles. The summed E-state index contributed by atoms with van der Waals surface area (Å²) in [5.74, 6) is 0.962. The number of carbonyl (C=O) groups excluding carboxylic acids is 3. The number of rotatable bonds is 6. The molecule has 1 unspecified atom stereocenters. The van der Waals surface area contributed by atoms with E-state index in [9.17, 15) is 14.4 Å². The summed E-state index contributed by atoms with van der Waals surface area (Å²) in [5, 5.41) is 0. The lowest BCUT2D eigenvalue weighted by Gasteiger charge is -2.39. The summed E-state index contributed by atoms with van der Waals surface area (Å²) < 4.78 is 10.6. The summed E-state index contributed by atoms with van der Waals surface area (Å²) >= 11 is 0. The molecule has 2 aromatic carbocycles. The quantitative estimate of drug-likeness (QED) is 0.636. The van der Waals surface area contributed by atoms with Crippen LogP contribution >= 0.6 is 0 Å². The Kier molecular flexibility index (Phi) is 7.90. The number of ether oxygens (including phenoxy) is 2. The van der Waals surface area contributed by atoms with Crippen LogP contribution in [0.5, 0.6) is 11.5 Å². The first-order valence-corrected chi connectivity index (χ1v) is 12.1. The fourth-order valence-corrected chi connectivity index (χ4v) is 4.83. The van der Waals surface area contributed by atoms with Gasteiger partial charge in [-0.15, -0.1) is 0 Å². The molecule has 1 atom stereocenters. The second kappa shape index (κ2) is 11.3. The van der Waals surface area contributed by atoms with Crippen molar-refractivity contribution in [3.63, 3.8) is 0 Å². The van der Waals surface area contributed by atoms with E-state index >= 15 is 0 Å². The van der Waals surface area contributed by atoms with Crippen LogP contribution in [0.1, 0.15) is 28.8 Å².